The minimum Gasteiger partial charge on any atom is -0.381 e. The summed E-state index contributed by atoms with van der Waals surface area (Å²) >= 11 is 0. The molecule has 0 aliphatic carbocycles. The molecule has 0 aliphatic rings. The van der Waals surface area contributed by atoms with E-state index in [4.69, 9.17) is 4.74 Å². The van der Waals surface area contributed by atoms with Gasteiger partial charge in [0.25, 0.3) is 0 Å². The minimum absolute atomic E-state index is 0.391. The third kappa shape index (κ3) is 13.1. The van der Waals surface area contributed by atoms with E-state index in [2.05, 4.69) is 52.3 Å². The summed E-state index contributed by atoms with van der Waals surface area (Å²) in [5.74, 6) is 3.47. The molecule has 0 heterocycles. The van der Waals surface area contributed by atoms with Crippen LogP contribution in [0.1, 0.15) is 98.3 Å². The van der Waals surface area contributed by atoms with Crippen molar-refractivity contribution in [3.8, 4) is 11.5 Å². The van der Waals surface area contributed by atoms with Gasteiger partial charge < -0.3 is 4.74 Å². The Balaban J connectivity index is 3.38. The predicted molar refractivity (Wildman–Crippen MR) is 112 cm³/mol. The zero-order chi connectivity index (χ0) is 18.3. The van der Waals surface area contributed by atoms with Crippen LogP contribution in [0.2, 0.25) is 18.1 Å². The third-order valence-electron chi connectivity index (χ3n) is 5.21. The molecule has 0 bridgehead atoms. The largest absolute Gasteiger partial charge is 0.381 e. The van der Waals surface area contributed by atoms with Crippen LogP contribution in [0.5, 0.6) is 0 Å². The zero-order valence-corrected chi connectivity index (χ0v) is 18.6. The van der Waals surface area contributed by atoms with Gasteiger partial charge in [-0.2, -0.15) is 0 Å². The van der Waals surface area contributed by atoms with Crippen molar-refractivity contribution in [1.82, 2.24) is 0 Å². The first-order valence-electron chi connectivity index (χ1n) is 10.4. The van der Waals surface area contributed by atoms with Crippen molar-refractivity contribution in [1.29, 1.82) is 0 Å². The maximum atomic E-state index is 5.51. The van der Waals surface area contributed by atoms with E-state index in [0.29, 0.717) is 5.04 Å². The Labute approximate surface area is 154 Å². The number of rotatable bonds is 13. The fourth-order valence-corrected chi connectivity index (χ4v) is 3.31. The maximum absolute atomic E-state index is 5.51. The van der Waals surface area contributed by atoms with E-state index < -0.39 is 8.07 Å². The lowest BCUT2D eigenvalue weighted by molar-refractivity contribution is 0.130. The Kier molecular flexibility index (Phi) is 13.8. The van der Waals surface area contributed by atoms with Crippen molar-refractivity contribution in [2.24, 2.45) is 0 Å². The minimum atomic E-state index is -1.38. The quantitative estimate of drug-likeness (QED) is 0.191. The molecule has 0 aliphatic heterocycles. The molecule has 2 heteroatoms. The van der Waals surface area contributed by atoms with Gasteiger partial charge in [-0.25, -0.2) is 0 Å². The van der Waals surface area contributed by atoms with Crippen LogP contribution >= 0.6 is 0 Å². The van der Waals surface area contributed by atoms with Crippen LogP contribution in [0, 0.1) is 11.5 Å². The third-order valence-corrected chi connectivity index (χ3v) is 9.77. The summed E-state index contributed by atoms with van der Waals surface area (Å²) in [4.78, 5) is 0. The van der Waals surface area contributed by atoms with Gasteiger partial charge in [-0.15, -0.1) is 11.5 Å². The lowest BCUT2D eigenvalue weighted by Gasteiger charge is -2.31. The molecule has 24 heavy (non-hydrogen) atoms. The normalized spacial score (nSPS) is 12.1. The van der Waals surface area contributed by atoms with E-state index in [0.717, 1.165) is 26.1 Å². The fourth-order valence-electron chi connectivity index (χ4n) is 2.37. The maximum Gasteiger partial charge on any atom is 0.137 e. The highest BCUT2D eigenvalue weighted by Gasteiger charge is 2.33. The molecule has 0 aromatic heterocycles. The van der Waals surface area contributed by atoms with Crippen molar-refractivity contribution in [3.05, 3.63) is 0 Å². The Bertz CT molecular complexity index is 343. The zero-order valence-electron chi connectivity index (χ0n) is 17.6. The predicted octanol–water partition coefficient (Wildman–Crippen LogP) is 7.37. The van der Waals surface area contributed by atoms with Crippen molar-refractivity contribution >= 4 is 8.07 Å². The molecule has 0 aromatic carbocycles. The standard InChI is InChI=1S/C22H44OSi/c1-7-19-23-20-17-15-13-11-9-8-10-12-14-16-18-21-24(5,6)22(2,3)4/h7-17,19-20H2,1-6H3. The smallest absolute Gasteiger partial charge is 0.137 e. The van der Waals surface area contributed by atoms with Gasteiger partial charge in [-0.3, -0.25) is 0 Å². The van der Waals surface area contributed by atoms with E-state index >= 15 is 0 Å². The average Bonchev–Trinajstić information content (AvgIpc) is 2.50. The molecule has 1 nitrogen and oxygen atoms in total. The van der Waals surface area contributed by atoms with Gasteiger partial charge in [0, 0.05) is 19.6 Å². The molecular formula is C22H44OSi. The summed E-state index contributed by atoms with van der Waals surface area (Å²) in [6.45, 7) is 15.9. The molecule has 0 aromatic rings. The lowest BCUT2D eigenvalue weighted by atomic mass is 10.1. The van der Waals surface area contributed by atoms with E-state index in [1.807, 2.05) is 0 Å². The molecular weight excluding hydrogens is 308 g/mol. The van der Waals surface area contributed by atoms with Gasteiger partial charge in [-0.1, -0.05) is 85.7 Å². The molecule has 0 amide bonds. The first-order chi connectivity index (χ1) is 11.3. The van der Waals surface area contributed by atoms with Gasteiger partial charge in [0.1, 0.15) is 8.07 Å². The van der Waals surface area contributed by atoms with E-state index in [9.17, 15) is 0 Å². The molecule has 0 fully saturated rings. The Morgan fingerprint density at radius 3 is 1.75 bits per heavy atom. The van der Waals surface area contributed by atoms with Crippen LogP contribution in [0.25, 0.3) is 0 Å². The summed E-state index contributed by atoms with van der Waals surface area (Å²) in [6, 6.07) is 0. The summed E-state index contributed by atoms with van der Waals surface area (Å²) in [5.41, 5.74) is 3.62. The first-order valence-corrected chi connectivity index (χ1v) is 13.4. The van der Waals surface area contributed by atoms with Crippen LogP contribution in [-0.2, 0) is 4.74 Å². The summed E-state index contributed by atoms with van der Waals surface area (Å²) < 4.78 is 5.51. The first kappa shape index (κ1) is 23.7. The number of hydrogen-bond donors (Lipinski definition) is 0. The van der Waals surface area contributed by atoms with Gasteiger partial charge in [0.05, 0.1) is 0 Å². The fraction of sp³-hybridized carbons (Fsp3) is 0.909. The van der Waals surface area contributed by atoms with Gasteiger partial charge in [-0.05, 0) is 24.3 Å². The van der Waals surface area contributed by atoms with Crippen LogP contribution in [0.15, 0.2) is 0 Å². The van der Waals surface area contributed by atoms with Crippen molar-refractivity contribution in [3.63, 3.8) is 0 Å². The molecule has 0 saturated heterocycles. The van der Waals surface area contributed by atoms with Crippen LogP contribution < -0.4 is 0 Å². The van der Waals surface area contributed by atoms with Crippen molar-refractivity contribution in [2.45, 2.75) is 116 Å². The second kappa shape index (κ2) is 14.0. The molecule has 0 rings (SSSR count). The summed E-state index contributed by atoms with van der Waals surface area (Å²) in [6.07, 6.45) is 14.5. The van der Waals surface area contributed by atoms with Crippen LogP contribution in [-0.4, -0.2) is 21.3 Å². The monoisotopic (exact) mass is 352 g/mol. The highest BCUT2D eigenvalue weighted by atomic mass is 28.3. The molecule has 0 radical (unpaired) electrons. The molecule has 0 N–H and O–H groups in total. The highest BCUT2D eigenvalue weighted by molar-refractivity contribution is 6.87. The number of hydrogen-bond acceptors (Lipinski definition) is 1. The summed E-state index contributed by atoms with van der Waals surface area (Å²) in [5, 5.41) is 0.391. The number of ether oxygens (including phenoxy) is 1. The van der Waals surface area contributed by atoms with Gasteiger partial charge >= 0.3 is 0 Å². The Morgan fingerprint density at radius 1 is 0.750 bits per heavy atom. The average molecular weight is 353 g/mol. The van der Waals surface area contributed by atoms with Crippen LogP contribution in [0.3, 0.4) is 0 Å². The van der Waals surface area contributed by atoms with E-state index in [-0.39, 0.29) is 0 Å². The van der Waals surface area contributed by atoms with E-state index in [1.165, 1.54) is 57.8 Å². The lowest BCUT2D eigenvalue weighted by Crippen LogP contribution is -2.35. The van der Waals surface area contributed by atoms with Crippen molar-refractivity contribution in [2.75, 3.05) is 13.2 Å². The van der Waals surface area contributed by atoms with Gasteiger partial charge in [0.2, 0.25) is 0 Å². The molecule has 0 unspecified atom stereocenters. The number of unbranched alkanes of at least 4 members (excludes halogenated alkanes) is 9. The second-order valence-corrected chi connectivity index (χ2v) is 13.7. The highest BCUT2D eigenvalue weighted by Crippen LogP contribution is 2.35. The Morgan fingerprint density at radius 2 is 1.25 bits per heavy atom. The van der Waals surface area contributed by atoms with Crippen LogP contribution in [0.4, 0.5) is 0 Å². The molecule has 0 spiro atoms. The van der Waals surface area contributed by atoms with Gasteiger partial charge in [0.15, 0.2) is 0 Å². The molecule has 142 valence electrons. The molecule has 0 atom stereocenters. The SMILES string of the molecule is CCCOCCCCCCCCCCCC#C[Si](C)(C)C(C)(C)C. The van der Waals surface area contributed by atoms with Crippen molar-refractivity contribution < 1.29 is 4.74 Å². The Hall–Kier alpha value is -0.263. The molecule has 0 saturated carbocycles. The van der Waals surface area contributed by atoms with E-state index in [1.54, 1.807) is 0 Å². The second-order valence-electron chi connectivity index (χ2n) is 8.72. The topological polar surface area (TPSA) is 9.23 Å². The summed E-state index contributed by atoms with van der Waals surface area (Å²) in [7, 11) is -1.38.